The van der Waals surface area contributed by atoms with E-state index in [0.717, 1.165) is 44.4 Å². The Labute approximate surface area is 187 Å². The molecule has 6 nitrogen and oxygen atoms in total. The van der Waals surface area contributed by atoms with E-state index in [1.807, 2.05) is 7.05 Å². The summed E-state index contributed by atoms with van der Waals surface area (Å²) in [6.07, 6.45) is -3.55. The summed E-state index contributed by atoms with van der Waals surface area (Å²) in [5.74, 6) is 0.554. The molecule has 1 heterocycles. The topological polar surface area (TPSA) is 52.1 Å². The number of anilines is 1. The summed E-state index contributed by atoms with van der Waals surface area (Å²) in [7, 11) is 5.32. The molecule has 0 aliphatic carbocycles. The maximum absolute atomic E-state index is 13.2. The largest absolute Gasteiger partial charge is 0.416 e. The second kappa shape index (κ2) is 12.4. The van der Waals surface area contributed by atoms with Gasteiger partial charge in [0.25, 0.3) is 0 Å². The first-order chi connectivity index (χ1) is 13.3. The first-order valence-electron chi connectivity index (χ1n) is 9.42. The summed E-state index contributed by atoms with van der Waals surface area (Å²) in [6, 6.07) is 3.98. The standard InChI is InChI=1S/C19H30F3N5O.HI/c1-23-18(24-7-4-12-28-3)25-14-15-13-16(19(20,21)22)5-6-17(15)27-10-8-26(2)9-11-27;/h5-6,13H,4,7-12,14H2,1-3H3,(H2,23,24,25);1H. The first-order valence-corrected chi connectivity index (χ1v) is 9.42. The SMILES string of the molecule is CN=C(NCCCOC)NCc1cc(C(F)(F)F)ccc1N1CCN(C)CC1.I. The van der Waals surface area contributed by atoms with Gasteiger partial charge >= 0.3 is 6.18 Å². The number of methoxy groups -OCH3 is 1. The summed E-state index contributed by atoms with van der Waals surface area (Å²) in [5, 5.41) is 6.26. The molecule has 0 unspecified atom stereocenters. The van der Waals surface area contributed by atoms with E-state index in [2.05, 4.69) is 25.4 Å². The van der Waals surface area contributed by atoms with Crippen LogP contribution in [0.15, 0.2) is 23.2 Å². The van der Waals surface area contributed by atoms with Gasteiger partial charge in [-0.3, -0.25) is 4.99 Å². The van der Waals surface area contributed by atoms with E-state index >= 15 is 0 Å². The minimum atomic E-state index is -4.37. The van der Waals surface area contributed by atoms with Gasteiger partial charge in [0.05, 0.1) is 5.56 Å². The monoisotopic (exact) mass is 529 g/mol. The number of piperazine rings is 1. The zero-order chi connectivity index (χ0) is 20.6. The molecule has 1 aromatic rings. The van der Waals surface area contributed by atoms with Crippen molar-refractivity contribution in [1.82, 2.24) is 15.5 Å². The predicted molar refractivity (Wildman–Crippen MR) is 121 cm³/mol. The van der Waals surface area contributed by atoms with Gasteiger partial charge in [0.15, 0.2) is 5.96 Å². The van der Waals surface area contributed by atoms with Crippen molar-refractivity contribution in [3.05, 3.63) is 29.3 Å². The van der Waals surface area contributed by atoms with Crippen LogP contribution >= 0.6 is 24.0 Å². The van der Waals surface area contributed by atoms with Crippen molar-refractivity contribution in [2.75, 3.05) is 65.4 Å². The molecule has 166 valence electrons. The average Bonchev–Trinajstić information content (AvgIpc) is 2.67. The van der Waals surface area contributed by atoms with Gasteiger partial charge in [-0.15, -0.1) is 24.0 Å². The number of hydrogen-bond donors (Lipinski definition) is 2. The van der Waals surface area contributed by atoms with Gasteiger partial charge in [-0.05, 0) is 37.2 Å². The molecule has 2 N–H and O–H groups in total. The third kappa shape index (κ3) is 8.17. The minimum absolute atomic E-state index is 0. The molecule has 1 aliphatic heterocycles. The quantitative estimate of drug-likeness (QED) is 0.247. The maximum atomic E-state index is 13.2. The van der Waals surface area contributed by atoms with Crippen molar-refractivity contribution in [3.63, 3.8) is 0 Å². The Kier molecular flexibility index (Phi) is 11.0. The van der Waals surface area contributed by atoms with Crippen molar-refractivity contribution in [2.24, 2.45) is 4.99 Å². The number of aliphatic imine (C=N–C) groups is 1. The highest BCUT2D eigenvalue weighted by Crippen LogP contribution is 2.33. The first kappa shape index (κ1) is 25.8. The molecule has 2 rings (SSSR count). The van der Waals surface area contributed by atoms with Crippen LogP contribution in [0.2, 0.25) is 0 Å². The Balaban J connectivity index is 0.00000420. The van der Waals surface area contributed by atoms with E-state index in [1.165, 1.54) is 6.07 Å². The molecule has 0 radical (unpaired) electrons. The Morgan fingerprint density at radius 1 is 1.17 bits per heavy atom. The van der Waals surface area contributed by atoms with E-state index in [4.69, 9.17) is 4.74 Å². The van der Waals surface area contributed by atoms with Crippen LogP contribution in [0.3, 0.4) is 0 Å². The fraction of sp³-hybridized carbons (Fsp3) is 0.632. The molecular formula is C19H31F3IN5O. The molecule has 29 heavy (non-hydrogen) atoms. The fourth-order valence-electron chi connectivity index (χ4n) is 3.08. The molecule has 1 saturated heterocycles. The lowest BCUT2D eigenvalue weighted by Crippen LogP contribution is -2.45. The molecule has 0 amide bonds. The number of guanidine groups is 1. The zero-order valence-corrected chi connectivity index (χ0v) is 19.5. The number of ether oxygens (including phenoxy) is 1. The molecule has 0 aromatic heterocycles. The predicted octanol–water partition coefficient (Wildman–Crippen LogP) is 2.78. The lowest BCUT2D eigenvalue weighted by molar-refractivity contribution is -0.137. The average molecular weight is 529 g/mol. The molecule has 1 aromatic carbocycles. The van der Waals surface area contributed by atoms with Gasteiger partial charge in [-0.1, -0.05) is 0 Å². The van der Waals surface area contributed by atoms with Crippen LogP contribution in [0.1, 0.15) is 17.5 Å². The Morgan fingerprint density at radius 2 is 1.86 bits per heavy atom. The van der Waals surface area contributed by atoms with Crippen LogP contribution in [-0.4, -0.2) is 71.4 Å². The van der Waals surface area contributed by atoms with E-state index < -0.39 is 11.7 Å². The van der Waals surface area contributed by atoms with Crippen LogP contribution in [0.25, 0.3) is 0 Å². The summed E-state index contributed by atoms with van der Waals surface area (Å²) in [5.41, 5.74) is 0.813. The van der Waals surface area contributed by atoms with E-state index in [1.54, 1.807) is 20.2 Å². The van der Waals surface area contributed by atoms with Gasteiger partial charge < -0.3 is 25.2 Å². The second-order valence-corrected chi connectivity index (χ2v) is 6.83. The summed E-state index contributed by atoms with van der Waals surface area (Å²) < 4.78 is 44.6. The van der Waals surface area contributed by atoms with Gasteiger partial charge in [-0.2, -0.15) is 13.2 Å². The van der Waals surface area contributed by atoms with Crippen LogP contribution < -0.4 is 15.5 Å². The van der Waals surface area contributed by atoms with E-state index in [9.17, 15) is 13.2 Å². The number of likely N-dealkylation sites (N-methyl/N-ethyl adjacent to an activating group) is 1. The molecule has 10 heteroatoms. The Morgan fingerprint density at radius 3 is 2.45 bits per heavy atom. The number of nitrogens with one attached hydrogen (secondary N) is 2. The summed E-state index contributed by atoms with van der Waals surface area (Å²) >= 11 is 0. The van der Waals surface area contributed by atoms with Gasteiger partial charge in [0.2, 0.25) is 0 Å². The van der Waals surface area contributed by atoms with Crippen molar-refractivity contribution >= 4 is 35.6 Å². The third-order valence-corrected chi connectivity index (χ3v) is 4.74. The normalized spacial score (nSPS) is 15.8. The number of alkyl halides is 3. The highest BCUT2D eigenvalue weighted by atomic mass is 127. The lowest BCUT2D eigenvalue weighted by Gasteiger charge is -2.35. The molecular weight excluding hydrogens is 498 g/mol. The van der Waals surface area contributed by atoms with Crippen molar-refractivity contribution in [2.45, 2.75) is 19.1 Å². The number of benzene rings is 1. The highest BCUT2D eigenvalue weighted by molar-refractivity contribution is 14.0. The number of hydrogen-bond acceptors (Lipinski definition) is 4. The third-order valence-electron chi connectivity index (χ3n) is 4.74. The van der Waals surface area contributed by atoms with Crippen molar-refractivity contribution in [1.29, 1.82) is 0 Å². The molecule has 1 fully saturated rings. The molecule has 0 spiro atoms. The van der Waals surface area contributed by atoms with Crippen molar-refractivity contribution < 1.29 is 17.9 Å². The molecule has 0 atom stereocenters. The molecule has 0 saturated carbocycles. The van der Waals surface area contributed by atoms with Crippen LogP contribution in [-0.2, 0) is 17.5 Å². The van der Waals surface area contributed by atoms with Crippen LogP contribution in [0, 0.1) is 0 Å². The lowest BCUT2D eigenvalue weighted by atomic mass is 10.1. The highest BCUT2D eigenvalue weighted by Gasteiger charge is 2.31. The molecule has 0 bridgehead atoms. The second-order valence-electron chi connectivity index (χ2n) is 6.83. The summed E-state index contributed by atoms with van der Waals surface area (Å²) in [6.45, 7) is 4.91. The Hall–Kier alpha value is -1.27. The smallest absolute Gasteiger partial charge is 0.385 e. The number of nitrogens with zero attached hydrogens (tertiary/aromatic N) is 3. The van der Waals surface area contributed by atoms with Gasteiger partial charge in [-0.25, -0.2) is 0 Å². The van der Waals surface area contributed by atoms with E-state index in [0.29, 0.717) is 24.7 Å². The Bertz CT molecular complexity index is 649. The van der Waals surface area contributed by atoms with E-state index in [-0.39, 0.29) is 30.5 Å². The van der Waals surface area contributed by atoms with Gasteiger partial charge in [0, 0.05) is 65.7 Å². The zero-order valence-electron chi connectivity index (χ0n) is 17.2. The van der Waals surface area contributed by atoms with Crippen LogP contribution in [0.5, 0.6) is 0 Å². The van der Waals surface area contributed by atoms with Crippen molar-refractivity contribution in [3.8, 4) is 0 Å². The maximum Gasteiger partial charge on any atom is 0.416 e. The fourth-order valence-corrected chi connectivity index (χ4v) is 3.08. The minimum Gasteiger partial charge on any atom is -0.385 e. The summed E-state index contributed by atoms with van der Waals surface area (Å²) in [4.78, 5) is 8.49. The number of rotatable bonds is 7. The van der Waals surface area contributed by atoms with Gasteiger partial charge in [0.1, 0.15) is 0 Å². The molecule has 1 aliphatic rings. The number of halogens is 4. The van der Waals surface area contributed by atoms with Crippen LogP contribution in [0.4, 0.5) is 18.9 Å².